The maximum Gasteiger partial charge on any atom is 0.318 e. The molecule has 0 aliphatic carbocycles. The van der Waals surface area contributed by atoms with Gasteiger partial charge in [-0.15, -0.1) is 0 Å². The first-order chi connectivity index (χ1) is 11.9. The Morgan fingerprint density at radius 1 is 1.12 bits per heavy atom. The van der Waals surface area contributed by atoms with E-state index < -0.39 is 0 Å². The van der Waals surface area contributed by atoms with Gasteiger partial charge < -0.3 is 15.5 Å². The van der Waals surface area contributed by atoms with E-state index in [2.05, 4.69) is 15.6 Å². The molecule has 2 atom stereocenters. The molecule has 2 N–H and O–H groups in total. The minimum atomic E-state index is -0.195. The molecule has 0 saturated carbocycles. The second kappa shape index (κ2) is 8.28. The average molecular weight is 340 g/mol. The summed E-state index contributed by atoms with van der Waals surface area (Å²) in [7, 11) is 1.75. The summed E-state index contributed by atoms with van der Waals surface area (Å²) in [5, 5.41) is 5.72. The first-order valence-corrected chi connectivity index (χ1v) is 8.20. The first kappa shape index (κ1) is 18.4. The molecule has 1 aromatic heterocycles. The minimum Gasteiger partial charge on any atom is -0.331 e. The lowest BCUT2D eigenvalue weighted by Crippen LogP contribution is -2.40. The lowest BCUT2D eigenvalue weighted by atomic mass is 10.1. The smallest absolute Gasteiger partial charge is 0.318 e. The van der Waals surface area contributed by atoms with Crippen molar-refractivity contribution < 1.29 is 9.59 Å². The second-order valence-corrected chi connectivity index (χ2v) is 6.02. The number of pyridine rings is 1. The van der Waals surface area contributed by atoms with E-state index >= 15 is 0 Å². The van der Waals surface area contributed by atoms with Crippen molar-refractivity contribution >= 4 is 17.6 Å². The highest BCUT2D eigenvalue weighted by Crippen LogP contribution is 2.20. The predicted octanol–water partition coefficient (Wildman–Crippen LogP) is 3.50. The van der Waals surface area contributed by atoms with E-state index in [1.54, 1.807) is 18.1 Å². The van der Waals surface area contributed by atoms with Gasteiger partial charge in [0, 0.05) is 25.9 Å². The molecule has 0 spiro atoms. The van der Waals surface area contributed by atoms with Gasteiger partial charge in [0.2, 0.25) is 5.91 Å². The summed E-state index contributed by atoms with van der Waals surface area (Å²) in [6.45, 7) is 5.31. The highest BCUT2D eigenvalue weighted by Gasteiger charge is 2.20. The van der Waals surface area contributed by atoms with Crippen molar-refractivity contribution in [1.82, 2.24) is 15.2 Å². The summed E-state index contributed by atoms with van der Waals surface area (Å²) in [5.74, 6) is -0.127. The molecule has 2 aromatic rings. The van der Waals surface area contributed by atoms with Crippen molar-refractivity contribution in [3.05, 3.63) is 59.9 Å². The molecule has 1 aromatic carbocycles. The van der Waals surface area contributed by atoms with Gasteiger partial charge in [-0.05, 0) is 43.7 Å². The Morgan fingerprint density at radius 3 is 2.52 bits per heavy atom. The lowest BCUT2D eigenvalue weighted by Gasteiger charge is -2.27. The van der Waals surface area contributed by atoms with Crippen LogP contribution in [0.2, 0.25) is 0 Å². The maximum absolute atomic E-state index is 12.5. The highest BCUT2D eigenvalue weighted by atomic mass is 16.2. The van der Waals surface area contributed by atoms with E-state index in [0.717, 1.165) is 11.3 Å². The summed E-state index contributed by atoms with van der Waals surface area (Å²) < 4.78 is 0. The predicted molar refractivity (Wildman–Crippen MR) is 98.1 cm³/mol. The fraction of sp³-hybridized carbons (Fsp3) is 0.316. The zero-order valence-electron chi connectivity index (χ0n) is 15.0. The fourth-order valence-corrected chi connectivity index (χ4v) is 2.46. The van der Waals surface area contributed by atoms with Crippen molar-refractivity contribution in [3.8, 4) is 0 Å². The fourth-order valence-electron chi connectivity index (χ4n) is 2.46. The number of hydrogen-bond donors (Lipinski definition) is 2. The molecule has 3 amide bonds. The average Bonchev–Trinajstić information content (AvgIpc) is 2.60. The molecule has 0 aliphatic heterocycles. The second-order valence-electron chi connectivity index (χ2n) is 6.02. The Kier molecular flexibility index (Phi) is 6.11. The van der Waals surface area contributed by atoms with E-state index in [-0.39, 0.29) is 24.0 Å². The molecule has 6 heteroatoms. The number of carbonyl (C=O) groups excluding carboxylic acids is 2. The van der Waals surface area contributed by atoms with Gasteiger partial charge in [-0.1, -0.05) is 18.2 Å². The molecule has 25 heavy (non-hydrogen) atoms. The Balaban J connectivity index is 2.03. The van der Waals surface area contributed by atoms with Crippen LogP contribution < -0.4 is 10.6 Å². The van der Waals surface area contributed by atoms with Gasteiger partial charge >= 0.3 is 6.03 Å². The Labute approximate surface area is 148 Å². The van der Waals surface area contributed by atoms with Crippen LogP contribution in [-0.2, 0) is 4.79 Å². The number of aromatic nitrogens is 1. The number of hydrogen-bond acceptors (Lipinski definition) is 3. The third-order valence-corrected chi connectivity index (χ3v) is 4.06. The number of rotatable bonds is 5. The topological polar surface area (TPSA) is 74.3 Å². The summed E-state index contributed by atoms with van der Waals surface area (Å²) in [5.41, 5.74) is 2.46. The van der Waals surface area contributed by atoms with E-state index in [0.29, 0.717) is 5.69 Å². The number of nitrogens with zero attached hydrogens (tertiary/aromatic N) is 2. The van der Waals surface area contributed by atoms with Crippen molar-refractivity contribution in [3.63, 3.8) is 0 Å². The van der Waals surface area contributed by atoms with Gasteiger partial charge in [0.25, 0.3) is 0 Å². The van der Waals surface area contributed by atoms with Crippen LogP contribution >= 0.6 is 0 Å². The largest absolute Gasteiger partial charge is 0.331 e. The zero-order valence-corrected chi connectivity index (χ0v) is 15.0. The van der Waals surface area contributed by atoms with E-state index in [9.17, 15) is 9.59 Å². The molecule has 0 bridgehead atoms. The molecule has 0 saturated heterocycles. The minimum absolute atomic E-state index is 0.127. The Hall–Kier alpha value is -2.89. The Bertz CT molecular complexity index is 733. The van der Waals surface area contributed by atoms with Crippen LogP contribution in [0.25, 0.3) is 0 Å². The molecule has 0 aliphatic rings. The zero-order chi connectivity index (χ0) is 18.4. The van der Waals surface area contributed by atoms with Gasteiger partial charge in [0.15, 0.2) is 0 Å². The van der Waals surface area contributed by atoms with Crippen LogP contribution in [0.5, 0.6) is 0 Å². The van der Waals surface area contributed by atoms with Gasteiger partial charge in [-0.2, -0.15) is 0 Å². The number of nitrogens with one attached hydrogen (secondary N) is 2. The van der Waals surface area contributed by atoms with Gasteiger partial charge in [-0.25, -0.2) is 4.79 Å². The molecule has 0 radical (unpaired) electrons. The Morgan fingerprint density at radius 2 is 1.88 bits per heavy atom. The third kappa shape index (κ3) is 5.04. The molecular weight excluding hydrogens is 316 g/mol. The molecule has 1 heterocycles. The van der Waals surface area contributed by atoms with Crippen LogP contribution in [0.15, 0.2) is 48.7 Å². The van der Waals surface area contributed by atoms with Crippen molar-refractivity contribution in [2.75, 3.05) is 12.4 Å². The SMILES string of the molecule is CC(=O)Nc1cccc([C@@H](C)NC(=O)N(C)[C@H](C)c2ccccn2)c1. The first-order valence-electron chi connectivity index (χ1n) is 8.20. The monoisotopic (exact) mass is 340 g/mol. The normalized spacial score (nSPS) is 12.8. The van der Waals surface area contributed by atoms with Gasteiger partial charge in [0.1, 0.15) is 0 Å². The number of urea groups is 1. The van der Waals surface area contributed by atoms with E-state index in [1.165, 1.54) is 6.92 Å². The van der Waals surface area contributed by atoms with Crippen molar-refractivity contribution in [1.29, 1.82) is 0 Å². The molecule has 132 valence electrons. The summed E-state index contributed by atoms with van der Waals surface area (Å²) in [6.07, 6.45) is 1.72. The van der Waals surface area contributed by atoms with Crippen molar-refractivity contribution in [2.24, 2.45) is 0 Å². The van der Waals surface area contributed by atoms with Crippen LogP contribution in [0.4, 0.5) is 10.5 Å². The summed E-state index contributed by atoms with van der Waals surface area (Å²) in [4.78, 5) is 29.6. The number of carbonyl (C=O) groups is 2. The molecule has 6 nitrogen and oxygen atoms in total. The summed E-state index contributed by atoms with van der Waals surface area (Å²) in [6, 6.07) is 12.6. The molecule has 2 rings (SSSR count). The third-order valence-electron chi connectivity index (χ3n) is 4.06. The number of benzene rings is 1. The van der Waals surface area contributed by atoms with Crippen LogP contribution in [0, 0.1) is 0 Å². The standard InChI is InChI=1S/C19H24N4O2/c1-13(16-8-7-9-17(12-16)22-15(3)24)21-19(25)23(4)14(2)18-10-5-6-11-20-18/h5-14H,1-4H3,(H,21,25)(H,22,24)/t13-,14-/m1/s1. The van der Waals surface area contributed by atoms with E-state index in [1.807, 2.05) is 56.3 Å². The molecular formula is C19H24N4O2. The molecule has 0 unspecified atom stereocenters. The number of amides is 3. The highest BCUT2D eigenvalue weighted by molar-refractivity contribution is 5.88. The maximum atomic E-state index is 12.5. The van der Waals surface area contributed by atoms with Crippen LogP contribution in [-0.4, -0.2) is 28.9 Å². The molecule has 0 fully saturated rings. The lowest BCUT2D eigenvalue weighted by molar-refractivity contribution is -0.114. The van der Waals surface area contributed by atoms with Crippen LogP contribution in [0.3, 0.4) is 0 Å². The van der Waals surface area contributed by atoms with Crippen molar-refractivity contribution in [2.45, 2.75) is 32.9 Å². The van der Waals surface area contributed by atoms with E-state index in [4.69, 9.17) is 0 Å². The van der Waals surface area contributed by atoms with Crippen LogP contribution in [0.1, 0.15) is 44.1 Å². The van der Waals surface area contributed by atoms with Gasteiger partial charge in [0.05, 0.1) is 17.8 Å². The summed E-state index contributed by atoms with van der Waals surface area (Å²) >= 11 is 0. The quantitative estimate of drug-likeness (QED) is 0.875. The number of anilines is 1. The van der Waals surface area contributed by atoms with Gasteiger partial charge in [-0.3, -0.25) is 9.78 Å².